The summed E-state index contributed by atoms with van der Waals surface area (Å²) in [5, 5.41) is 12.0. The predicted molar refractivity (Wildman–Crippen MR) is 60.4 cm³/mol. The molecule has 1 aliphatic heterocycles. The Morgan fingerprint density at radius 1 is 1.19 bits per heavy atom. The average molecular weight is 236 g/mol. The van der Waals surface area contributed by atoms with E-state index in [1.807, 2.05) is 24.3 Å². The van der Waals surface area contributed by atoms with Gasteiger partial charge in [0.25, 0.3) is 0 Å². The molecule has 2 aromatic rings. The molecule has 16 heavy (non-hydrogen) atoms. The zero-order chi connectivity index (χ0) is 11.0. The van der Waals surface area contributed by atoms with E-state index in [1.54, 1.807) is 0 Å². The minimum Gasteiger partial charge on any atom is -0.420 e. The molecule has 4 nitrogen and oxygen atoms in total. The van der Waals surface area contributed by atoms with E-state index in [4.69, 9.17) is 16.0 Å². The van der Waals surface area contributed by atoms with Crippen LogP contribution in [0.5, 0.6) is 0 Å². The van der Waals surface area contributed by atoms with Gasteiger partial charge in [-0.25, -0.2) is 0 Å². The lowest BCUT2D eigenvalue weighted by Crippen LogP contribution is -2.40. The number of nitrogens with one attached hydrogen (secondary N) is 1. The normalized spacial score (nSPS) is 16.1. The van der Waals surface area contributed by atoms with Gasteiger partial charge in [-0.1, -0.05) is 11.6 Å². The van der Waals surface area contributed by atoms with Crippen LogP contribution in [0.25, 0.3) is 11.5 Å². The highest BCUT2D eigenvalue weighted by Gasteiger charge is 2.24. The Morgan fingerprint density at radius 3 is 2.56 bits per heavy atom. The average Bonchev–Trinajstić information content (AvgIpc) is 2.65. The molecular formula is C11H10ClN3O. The van der Waals surface area contributed by atoms with E-state index in [-0.39, 0.29) is 0 Å². The van der Waals surface area contributed by atoms with Gasteiger partial charge < -0.3 is 9.73 Å². The van der Waals surface area contributed by atoms with Gasteiger partial charge in [-0.15, -0.1) is 10.2 Å². The smallest absolute Gasteiger partial charge is 0.247 e. The van der Waals surface area contributed by atoms with Gasteiger partial charge in [-0.3, -0.25) is 0 Å². The summed E-state index contributed by atoms with van der Waals surface area (Å²) >= 11 is 5.81. The number of rotatable bonds is 2. The number of halogens is 1. The lowest BCUT2D eigenvalue weighted by molar-refractivity contribution is 0.361. The molecule has 0 unspecified atom stereocenters. The largest absolute Gasteiger partial charge is 0.420 e. The molecule has 1 N–H and O–H groups in total. The molecule has 5 heteroatoms. The number of hydrogen-bond acceptors (Lipinski definition) is 4. The van der Waals surface area contributed by atoms with Gasteiger partial charge in [0.05, 0.1) is 5.92 Å². The summed E-state index contributed by atoms with van der Waals surface area (Å²) in [6.07, 6.45) is 0. The number of benzene rings is 1. The van der Waals surface area contributed by atoms with E-state index in [0.717, 1.165) is 18.7 Å². The van der Waals surface area contributed by atoms with Gasteiger partial charge in [0.1, 0.15) is 0 Å². The Balaban J connectivity index is 1.88. The van der Waals surface area contributed by atoms with Crippen molar-refractivity contribution >= 4 is 11.6 Å². The molecule has 1 fully saturated rings. The third kappa shape index (κ3) is 1.70. The van der Waals surface area contributed by atoms with E-state index in [0.29, 0.717) is 22.7 Å². The van der Waals surface area contributed by atoms with Crippen LogP contribution in [-0.2, 0) is 0 Å². The maximum absolute atomic E-state index is 5.81. The molecule has 82 valence electrons. The fourth-order valence-corrected chi connectivity index (χ4v) is 1.70. The third-order valence-corrected chi connectivity index (χ3v) is 2.91. The maximum Gasteiger partial charge on any atom is 0.247 e. The van der Waals surface area contributed by atoms with Crippen LogP contribution >= 0.6 is 11.6 Å². The zero-order valence-corrected chi connectivity index (χ0v) is 9.24. The Hall–Kier alpha value is -1.39. The molecule has 0 aliphatic carbocycles. The highest BCUT2D eigenvalue weighted by molar-refractivity contribution is 6.30. The van der Waals surface area contributed by atoms with Gasteiger partial charge in [-0.2, -0.15) is 0 Å². The molecule has 0 atom stereocenters. The molecule has 1 aromatic heterocycles. The molecule has 1 aromatic carbocycles. The van der Waals surface area contributed by atoms with Crippen LogP contribution in [0, 0.1) is 0 Å². The molecule has 3 rings (SSSR count). The summed E-state index contributed by atoms with van der Waals surface area (Å²) in [6, 6.07) is 7.37. The summed E-state index contributed by atoms with van der Waals surface area (Å²) in [5.41, 5.74) is 0.899. The Bertz CT molecular complexity index is 490. The van der Waals surface area contributed by atoms with Crippen molar-refractivity contribution in [1.29, 1.82) is 0 Å². The maximum atomic E-state index is 5.81. The van der Waals surface area contributed by atoms with E-state index >= 15 is 0 Å². The van der Waals surface area contributed by atoms with Crippen molar-refractivity contribution in [2.45, 2.75) is 5.92 Å². The molecule has 0 amide bonds. The summed E-state index contributed by atoms with van der Waals surface area (Å²) in [6.45, 7) is 1.84. The van der Waals surface area contributed by atoms with Crippen molar-refractivity contribution in [2.75, 3.05) is 13.1 Å². The second-order valence-electron chi connectivity index (χ2n) is 3.81. The van der Waals surface area contributed by atoms with Crippen molar-refractivity contribution in [2.24, 2.45) is 0 Å². The Morgan fingerprint density at radius 2 is 1.94 bits per heavy atom. The Kier molecular flexibility index (Phi) is 2.38. The monoisotopic (exact) mass is 235 g/mol. The molecule has 1 aliphatic rings. The standard InChI is InChI=1S/C11H10ClN3O/c12-9-3-1-7(2-4-9)10-14-15-11(16-10)8-5-13-6-8/h1-4,8,13H,5-6H2. The second-order valence-corrected chi connectivity index (χ2v) is 4.24. The van der Waals surface area contributed by atoms with Crippen molar-refractivity contribution in [3.63, 3.8) is 0 Å². The van der Waals surface area contributed by atoms with Gasteiger partial charge in [0.2, 0.25) is 11.8 Å². The number of hydrogen-bond donors (Lipinski definition) is 1. The van der Waals surface area contributed by atoms with Crippen molar-refractivity contribution < 1.29 is 4.42 Å². The van der Waals surface area contributed by atoms with E-state index in [2.05, 4.69) is 15.5 Å². The van der Waals surface area contributed by atoms with Crippen LogP contribution < -0.4 is 5.32 Å². The van der Waals surface area contributed by atoms with E-state index in [1.165, 1.54) is 0 Å². The second kappa shape index (κ2) is 3.88. The van der Waals surface area contributed by atoms with Crippen LogP contribution in [0.15, 0.2) is 28.7 Å². The highest BCUT2D eigenvalue weighted by atomic mass is 35.5. The van der Waals surface area contributed by atoms with E-state index < -0.39 is 0 Å². The first-order valence-electron chi connectivity index (χ1n) is 5.13. The highest BCUT2D eigenvalue weighted by Crippen LogP contribution is 2.24. The zero-order valence-electron chi connectivity index (χ0n) is 8.48. The minimum atomic E-state index is 0.369. The summed E-state index contributed by atoms with van der Waals surface area (Å²) < 4.78 is 5.61. The summed E-state index contributed by atoms with van der Waals surface area (Å²) in [7, 11) is 0. The van der Waals surface area contributed by atoms with Crippen LogP contribution in [0.2, 0.25) is 5.02 Å². The van der Waals surface area contributed by atoms with Gasteiger partial charge in [-0.05, 0) is 24.3 Å². The molecule has 0 saturated carbocycles. The first kappa shape index (κ1) is 9.81. The van der Waals surface area contributed by atoms with Gasteiger partial charge >= 0.3 is 0 Å². The minimum absolute atomic E-state index is 0.369. The number of nitrogens with zero attached hydrogens (tertiary/aromatic N) is 2. The van der Waals surface area contributed by atoms with Crippen molar-refractivity contribution in [3.05, 3.63) is 35.2 Å². The van der Waals surface area contributed by atoms with Gasteiger partial charge in [0.15, 0.2) is 0 Å². The first-order valence-corrected chi connectivity index (χ1v) is 5.51. The quantitative estimate of drug-likeness (QED) is 0.866. The lowest BCUT2D eigenvalue weighted by Gasteiger charge is -2.22. The van der Waals surface area contributed by atoms with Crippen molar-refractivity contribution in [1.82, 2.24) is 15.5 Å². The molecular weight excluding hydrogens is 226 g/mol. The van der Waals surface area contributed by atoms with E-state index in [9.17, 15) is 0 Å². The number of aromatic nitrogens is 2. The van der Waals surface area contributed by atoms with Crippen LogP contribution in [0.4, 0.5) is 0 Å². The fourth-order valence-electron chi connectivity index (χ4n) is 1.57. The topological polar surface area (TPSA) is 51.0 Å². The molecule has 2 heterocycles. The van der Waals surface area contributed by atoms with Crippen molar-refractivity contribution in [3.8, 4) is 11.5 Å². The molecule has 1 saturated heterocycles. The molecule has 0 spiro atoms. The Labute approximate surface area is 97.6 Å². The lowest BCUT2D eigenvalue weighted by atomic mass is 10.0. The summed E-state index contributed by atoms with van der Waals surface area (Å²) in [5.74, 6) is 1.64. The SMILES string of the molecule is Clc1ccc(-c2nnc(C3CNC3)o2)cc1. The fraction of sp³-hybridized carbons (Fsp3) is 0.273. The first-order chi connectivity index (χ1) is 7.83. The molecule has 0 bridgehead atoms. The van der Waals surface area contributed by atoms with Crippen LogP contribution in [0.1, 0.15) is 11.8 Å². The predicted octanol–water partition coefficient (Wildman–Crippen LogP) is 2.08. The van der Waals surface area contributed by atoms with Crippen LogP contribution in [0.3, 0.4) is 0 Å². The molecule has 0 radical (unpaired) electrons. The van der Waals surface area contributed by atoms with Crippen LogP contribution in [-0.4, -0.2) is 23.3 Å². The van der Waals surface area contributed by atoms with Gasteiger partial charge in [0, 0.05) is 23.7 Å². The third-order valence-electron chi connectivity index (χ3n) is 2.66. The summed E-state index contributed by atoms with van der Waals surface area (Å²) in [4.78, 5) is 0.